The van der Waals surface area contributed by atoms with Crippen molar-refractivity contribution in [1.29, 1.82) is 0 Å². The maximum atomic E-state index is 13.2. The first kappa shape index (κ1) is 15.4. The number of halogens is 1. The summed E-state index contributed by atoms with van der Waals surface area (Å²) in [5.41, 5.74) is 11.8. The maximum Gasteiger partial charge on any atom is 0.123 e. The molecule has 0 aliphatic carbocycles. The van der Waals surface area contributed by atoms with Gasteiger partial charge in [0.2, 0.25) is 0 Å². The number of aryl methyl sites for hydroxylation is 2. The molecule has 1 aromatic heterocycles. The van der Waals surface area contributed by atoms with Crippen LogP contribution in [0.4, 0.5) is 4.39 Å². The Hall–Kier alpha value is -2.46. The van der Waals surface area contributed by atoms with Crippen LogP contribution < -0.4 is 5.73 Å². The van der Waals surface area contributed by atoms with Gasteiger partial charge in [-0.2, -0.15) is 5.10 Å². The molecule has 0 radical (unpaired) electrons. The number of rotatable bonds is 4. The van der Waals surface area contributed by atoms with E-state index in [1.807, 2.05) is 10.7 Å². The summed E-state index contributed by atoms with van der Waals surface area (Å²) in [5.74, 6) is -0.242. The third kappa shape index (κ3) is 3.17. The van der Waals surface area contributed by atoms with Crippen LogP contribution in [0.2, 0.25) is 0 Å². The van der Waals surface area contributed by atoms with Gasteiger partial charge in [-0.1, -0.05) is 12.1 Å². The van der Waals surface area contributed by atoms with E-state index in [9.17, 15) is 4.39 Å². The second kappa shape index (κ2) is 6.34. The fourth-order valence-electron chi connectivity index (χ4n) is 2.66. The standard InChI is InChI=1S/C19H20FN3/c1-13-3-4-14(2)18(11-13)23-19(12-17(22-23)9-10-21)15-5-7-16(20)8-6-15/h3-8,11-12H,9-10,21H2,1-2H3. The lowest BCUT2D eigenvalue weighted by atomic mass is 10.1. The summed E-state index contributed by atoms with van der Waals surface area (Å²) in [5, 5.41) is 4.71. The number of hydrogen-bond donors (Lipinski definition) is 1. The molecule has 23 heavy (non-hydrogen) atoms. The molecule has 0 bridgehead atoms. The van der Waals surface area contributed by atoms with Gasteiger partial charge in [-0.05, 0) is 67.9 Å². The van der Waals surface area contributed by atoms with Crippen LogP contribution in [0, 0.1) is 19.7 Å². The summed E-state index contributed by atoms with van der Waals surface area (Å²) in [6.45, 7) is 4.67. The van der Waals surface area contributed by atoms with E-state index in [1.165, 1.54) is 17.7 Å². The number of nitrogens with two attached hydrogens (primary N) is 1. The minimum Gasteiger partial charge on any atom is -0.330 e. The summed E-state index contributed by atoms with van der Waals surface area (Å²) < 4.78 is 15.2. The van der Waals surface area contributed by atoms with Crippen LogP contribution in [0.3, 0.4) is 0 Å². The second-order valence-electron chi connectivity index (χ2n) is 5.77. The Kier molecular flexibility index (Phi) is 4.26. The molecule has 0 saturated carbocycles. The molecule has 4 heteroatoms. The van der Waals surface area contributed by atoms with Crippen molar-refractivity contribution in [1.82, 2.24) is 9.78 Å². The first-order valence-electron chi connectivity index (χ1n) is 7.71. The molecule has 0 unspecified atom stereocenters. The van der Waals surface area contributed by atoms with Gasteiger partial charge in [-0.15, -0.1) is 0 Å². The largest absolute Gasteiger partial charge is 0.330 e. The van der Waals surface area contributed by atoms with E-state index < -0.39 is 0 Å². The molecule has 1 heterocycles. The molecule has 118 valence electrons. The van der Waals surface area contributed by atoms with Crippen LogP contribution in [0.5, 0.6) is 0 Å². The van der Waals surface area contributed by atoms with E-state index in [0.29, 0.717) is 13.0 Å². The van der Waals surface area contributed by atoms with Crippen molar-refractivity contribution in [2.45, 2.75) is 20.3 Å². The lowest BCUT2D eigenvalue weighted by molar-refractivity contribution is 0.628. The first-order chi connectivity index (χ1) is 11.1. The Morgan fingerprint density at radius 2 is 1.78 bits per heavy atom. The number of hydrogen-bond acceptors (Lipinski definition) is 2. The zero-order valence-corrected chi connectivity index (χ0v) is 13.4. The van der Waals surface area contributed by atoms with Crippen LogP contribution in [0.25, 0.3) is 16.9 Å². The minimum atomic E-state index is -0.242. The van der Waals surface area contributed by atoms with E-state index in [2.05, 4.69) is 32.0 Å². The Bertz CT molecular complexity index is 819. The number of aromatic nitrogens is 2. The Balaban J connectivity index is 2.18. The second-order valence-corrected chi connectivity index (χ2v) is 5.77. The Labute approximate surface area is 135 Å². The van der Waals surface area contributed by atoms with Crippen molar-refractivity contribution in [3.8, 4) is 16.9 Å². The van der Waals surface area contributed by atoms with Gasteiger partial charge in [0.1, 0.15) is 5.82 Å². The first-order valence-corrected chi connectivity index (χ1v) is 7.71. The van der Waals surface area contributed by atoms with Crippen LogP contribution in [0.15, 0.2) is 48.5 Å². The molecule has 2 N–H and O–H groups in total. The van der Waals surface area contributed by atoms with Crippen molar-refractivity contribution in [3.05, 3.63) is 71.2 Å². The number of benzene rings is 2. The molecule has 3 rings (SSSR count). The molecule has 3 nitrogen and oxygen atoms in total. The molecule has 0 spiro atoms. The van der Waals surface area contributed by atoms with Gasteiger partial charge in [0, 0.05) is 12.0 Å². The lowest BCUT2D eigenvalue weighted by Crippen LogP contribution is -2.05. The summed E-state index contributed by atoms with van der Waals surface area (Å²) in [4.78, 5) is 0. The predicted molar refractivity (Wildman–Crippen MR) is 91.2 cm³/mol. The summed E-state index contributed by atoms with van der Waals surface area (Å²) in [6.07, 6.45) is 0.714. The zero-order chi connectivity index (χ0) is 16.4. The quantitative estimate of drug-likeness (QED) is 0.796. The highest BCUT2D eigenvalue weighted by Gasteiger charge is 2.13. The van der Waals surface area contributed by atoms with E-state index in [1.54, 1.807) is 12.1 Å². The molecule has 0 aliphatic rings. The average Bonchev–Trinajstić information content (AvgIpc) is 2.94. The SMILES string of the molecule is Cc1ccc(C)c(-n2nc(CCN)cc2-c2ccc(F)cc2)c1. The van der Waals surface area contributed by atoms with Gasteiger partial charge in [0.15, 0.2) is 0 Å². The minimum absolute atomic E-state index is 0.242. The van der Waals surface area contributed by atoms with Crippen molar-refractivity contribution < 1.29 is 4.39 Å². The van der Waals surface area contributed by atoms with Gasteiger partial charge in [0.05, 0.1) is 17.1 Å². The van der Waals surface area contributed by atoms with E-state index in [0.717, 1.165) is 28.2 Å². The topological polar surface area (TPSA) is 43.8 Å². The van der Waals surface area contributed by atoms with Crippen LogP contribution in [0.1, 0.15) is 16.8 Å². The predicted octanol–water partition coefficient (Wildman–Crippen LogP) is 3.80. The maximum absolute atomic E-state index is 13.2. The molecule has 0 fully saturated rings. The van der Waals surface area contributed by atoms with Crippen LogP contribution in [-0.4, -0.2) is 16.3 Å². The van der Waals surface area contributed by atoms with Gasteiger partial charge < -0.3 is 5.73 Å². The summed E-state index contributed by atoms with van der Waals surface area (Å²) in [6, 6.07) is 14.8. The summed E-state index contributed by atoms with van der Waals surface area (Å²) in [7, 11) is 0. The van der Waals surface area contributed by atoms with Crippen LogP contribution in [-0.2, 0) is 6.42 Å². The third-order valence-corrected chi connectivity index (χ3v) is 3.89. The molecule has 0 saturated heterocycles. The summed E-state index contributed by atoms with van der Waals surface area (Å²) >= 11 is 0. The molecule has 2 aromatic carbocycles. The van der Waals surface area contributed by atoms with Gasteiger partial charge in [-0.25, -0.2) is 9.07 Å². The average molecular weight is 309 g/mol. The highest BCUT2D eigenvalue weighted by atomic mass is 19.1. The smallest absolute Gasteiger partial charge is 0.123 e. The molecule has 0 atom stereocenters. The zero-order valence-electron chi connectivity index (χ0n) is 13.4. The normalized spacial score (nSPS) is 11.0. The van der Waals surface area contributed by atoms with Crippen molar-refractivity contribution >= 4 is 0 Å². The van der Waals surface area contributed by atoms with Crippen molar-refractivity contribution in [2.75, 3.05) is 6.54 Å². The third-order valence-electron chi connectivity index (χ3n) is 3.89. The highest BCUT2D eigenvalue weighted by molar-refractivity contribution is 5.63. The molecular weight excluding hydrogens is 289 g/mol. The van der Waals surface area contributed by atoms with Gasteiger partial charge in [0.25, 0.3) is 0 Å². The van der Waals surface area contributed by atoms with E-state index in [4.69, 9.17) is 10.8 Å². The molecule has 0 aliphatic heterocycles. The van der Waals surface area contributed by atoms with E-state index in [-0.39, 0.29) is 5.82 Å². The van der Waals surface area contributed by atoms with Crippen molar-refractivity contribution in [2.24, 2.45) is 5.73 Å². The highest BCUT2D eigenvalue weighted by Crippen LogP contribution is 2.26. The van der Waals surface area contributed by atoms with E-state index >= 15 is 0 Å². The Morgan fingerprint density at radius 3 is 2.48 bits per heavy atom. The van der Waals surface area contributed by atoms with Gasteiger partial charge in [-0.3, -0.25) is 0 Å². The van der Waals surface area contributed by atoms with Crippen LogP contribution >= 0.6 is 0 Å². The molecular formula is C19H20FN3. The fraction of sp³-hybridized carbons (Fsp3) is 0.211. The monoisotopic (exact) mass is 309 g/mol. The Morgan fingerprint density at radius 1 is 1.04 bits per heavy atom. The molecule has 3 aromatic rings. The number of nitrogens with zero attached hydrogens (tertiary/aromatic N) is 2. The van der Waals surface area contributed by atoms with Crippen molar-refractivity contribution in [3.63, 3.8) is 0 Å². The molecule has 0 amide bonds. The fourth-order valence-corrected chi connectivity index (χ4v) is 2.66. The lowest BCUT2D eigenvalue weighted by Gasteiger charge is -2.11. The van der Waals surface area contributed by atoms with Gasteiger partial charge >= 0.3 is 0 Å².